The van der Waals surface area contributed by atoms with Crippen LogP contribution in [0.4, 0.5) is 5.69 Å². The minimum Gasteiger partial charge on any atom is -0.366 e. The third-order valence-electron chi connectivity index (χ3n) is 4.86. The van der Waals surface area contributed by atoms with E-state index in [2.05, 4.69) is 0 Å². The van der Waals surface area contributed by atoms with Crippen LogP contribution in [0, 0.1) is 15.5 Å². The Bertz CT molecular complexity index is 546. The Balaban J connectivity index is 1.58. The van der Waals surface area contributed by atoms with E-state index >= 15 is 0 Å². The zero-order valence-electron chi connectivity index (χ0n) is 11.9. The molecule has 0 aromatic heterocycles. The van der Waals surface area contributed by atoms with Gasteiger partial charge in [0.15, 0.2) is 5.78 Å². The molecule has 2 fully saturated rings. The van der Waals surface area contributed by atoms with Crippen molar-refractivity contribution in [2.75, 3.05) is 0 Å². The standard InChI is InChI=1S/C16H19NO4/c18-15-14(7-10-16(15)8-1-2-9-16)21-11-12-3-5-13(6-4-12)17(19)20/h3-6,14H,1-2,7-11H2. The molecule has 0 heterocycles. The number of hydrogen-bond acceptors (Lipinski definition) is 4. The van der Waals surface area contributed by atoms with Crippen LogP contribution in [0.1, 0.15) is 44.1 Å². The van der Waals surface area contributed by atoms with Gasteiger partial charge in [0.25, 0.3) is 5.69 Å². The Labute approximate surface area is 123 Å². The summed E-state index contributed by atoms with van der Waals surface area (Å²) in [4.78, 5) is 22.7. The summed E-state index contributed by atoms with van der Waals surface area (Å²) in [5.41, 5.74) is 0.835. The number of non-ortho nitro benzene ring substituents is 1. The van der Waals surface area contributed by atoms with E-state index in [0.717, 1.165) is 44.1 Å². The fraction of sp³-hybridized carbons (Fsp3) is 0.562. The number of carbonyl (C=O) groups excluding carboxylic acids is 1. The number of nitro benzene ring substituents is 1. The van der Waals surface area contributed by atoms with Crippen molar-refractivity contribution in [3.05, 3.63) is 39.9 Å². The molecule has 0 saturated heterocycles. The minimum absolute atomic E-state index is 0.0700. The average Bonchev–Trinajstić information content (AvgIpc) is 3.08. The maximum absolute atomic E-state index is 12.5. The third kappa shape index (κ3) is 2.70. The first-order chi connectivity index (χ1) is 10.1. The van der Waals surface area contributed by atoms with Crippen LogP contribution in [0.15, 0.2) is 24.3 Å². The number of hydrogen-bond donors (Lipinski definition) is 0. The molecule has 1 spiro atoms. The molecule has 3 rings (SSSR count). The number of nitrogens with zero attached hydrogens (tertiary/aromatic N) is 1. The third-order valence-corrected chi connectivity index (χ3v) is 4.86. The van der Waals surface area contributed by atoms with Gasteiger partial charge in [-0.3, -0.25) is 14.9 Å². The lowest BCUT2D eigenvalue weighted by atomic mass is 9.83. The quantitative estimate of drug-likeness (QED) is 0.629. The molecular formula is C16H19NO4. The molecule has 1 atom stereocenters. The molecule has 0 N–H and O–H groups in total. The Morgan fingerprint density at radius 2 is 1.86 bits per heavy atom. The Kier molecular flexibility index (Phi) is 3.76. The van der Waals surface area contributed by atoms with Crippen LogP contribution in [0.3, 0.4) is 0 Å². The van der Waals surface area contributed by atoms with Crippen LogP contribution in [-0.2, 0) is 16.1 Å². The molecule has 2 aliphatic carbocycles. The molecule has 1 aromatic carbocycles. The highest BCUT2D eigenvalue weighted by Crippen LogP contribution is 2.48. The molecule has 0 radical (unpaired) electrons. The molecule has 5 heteroatoms. The first-order valence-corrected chi connectivity index (χ1v) is 7.50. The molecular weight excluding hydrogens is 270 g/mol. The van der Waals surface area contributed by atoms with Crippen LogP contribution in [0.25, 0.3) is 0 Å². The molecule has 0 aliphatic heterocycles. The molecule has 1 unspecified atom stereocenters. The molecule has 0 amide bonds. The van der Waals surface area contributed by atoms with E-state index in [9.17, 15) is 14.9 Å². The molecule has 2 saturated carbocycles. The lowest BCUT2D eigenvalue weighted by Gasteiger charge is -2.20. The van der Waals surface area contributed by atoms with Gasteiger partial charge in [0, 0.05) is 17.5 Å². The van der Waals surface area contributed by atoms with Gasteiger partial charge in [-0.2, -0.15) is 0 Å². The summed E-state index contributed by atoms with van der Waals surface area (Å²) in [5.74, 6) is 0.280. The summed E-state index contributed by atoms with van der Waals surface area (Å²) >= 11 is 0. The zero-order chi connectivity index (χ0) is 14.9. The van der Waals surface area contributed by atoms with Gasteiger partial charge >= 0.3 is 0 Å². The summed E-state index contributed by atoms with van der Waals surface area (Å²) in [7, 11) is 0. The van der Waals surface area contributed by atoms with Crippen LogP contribution >= 0.6 is 0 Å². The van der Waals surface area contributed by atoms with E-state index in [4.69, 9.17) is 4.74 Å². The van der Waals surface area contributed by atoms with Gasteiger partial charge < -0.3 is 4.74 Å². The summed E-state index contributed by atoms with van der Waals surface area (Å²) in [6.07, 6.45) is 5.81. The van der Waals surface area contributed by atoms with Crippen molar-refractivity contribution < 1.29 is 14.5 Å². The van der Waals surface area contributed by atoms with Crippen LogP contribution in [-0.4, -0.2) is 16.8 Å². The molecule has 1 aromatic rings. The van der Waals surface area contributed by atoms with Crippen molar-refractivity contribution in [2.45, 2.75) is 51.2 Å². The van der Waals surface area contributed by atoms with E-state index in [1.54, 1.807) is 12.1 Å². The van der Waals surface area contributed by atoms with Gasteiger partial charge in [-0.25, -0.2) is 0 Å². The van der Waals surface area contributed by atoms with Gasteiger partial charge in [0.1, 0.15) is 6.10 Å². The van der Waals surface area contributed by atoms with E-state index in [1.807, 2.05) is 0 Å². The zero-order valence-corrected chi connectivity index (χ0v) is 11.9. The fourth-order valence-electron chi connectivity index (χ4n) is 3.62. The number of nitro groups is 1. The number of rotatable bonds is 4. The Morgan fingerprint density at radius 3 is 2.48 bits per heavy atom. The summed E-state index contributed by atoms with van der Waals surface area (Å²) in [5, 5.41) is 10.6. The minimum atomic E-state index is -0.422. The molecule has 0 bridgehead atoms. The topological polar surface area (TPSA) is 69.4 Å². The number of Topliss-reactive ketones (excluding diaryl/α,β-unsaturated/α-hetero) is 1. The first-order valence-electron chi connectivity index (χ1n) is 7.50. The van der Waals surface area contributed by atoms with Crippen LogP contribution < -0.4 is 0 Å². The molecule has 112 valence electrons. The second-order valence-corrected chi connectivity index (χ2v) is 6.11. The second kappa shape index (κ2) is 5.56. The smallest absolute Gasteiger partial charge is 0.269 e. The number of ketones is 1. The second-order valence-electron chi connectivity index (χ2n) is 6.11. The van der Waals surface area contributed by atoms with Crippen LogP contribution in [0.5, 0.6) is 0 Å². The van der Waals surface area contributed by atoms with Gasteiger partial charge in [0.2, 0.25) is 0 Å². The molecule has 21 heavy (non-hydrogen) atoms. The summed E-state index contributed by atoms with van der Waals surface area (Å²) < 4.78 is 5.77. The summed E-state index contributed by atoms with van der Waals surface area (Å²) in [6, 6.07) is 6.30. The maximum Gasteiger partial charge on any atom is 0.269 e. The number of ether oxygens (including phenoxy) is 1. The van der Waals surface area contributed by atoms with Gasteiger partial charge in [0.05, 0.1) is 11.5 Å². The van der Waals surface area contributed by atoms with E-state index in [-0.39, 0.29) is 23.0 Å². The van der Waals surface area contributed by atoms with Gasteiger partial charge in [-0.1, -0.05) is 12.8 Å². The normalized spacial score (nSPS) is 23.8. The van der Waals surface area contributed by atoms with Crippen molar-refractivity contribution >= 4 is 11.5 Å². The monoisotopic (exact) mass is 289 g/mol. The predicted octanol–water partition coefficient (Wildman–Crippen LogP) is 3.40. The average molecular weight is 289 g/mol. The lowest BCUT2D eigenvalue weighted by molar-refractivity contribution is -0.384. The van der Waals surface area contributed by atoms with E-state index < -0.39 is 4.92 Å². The molecule has 5 nitrogen and oxygen atoms in total. The highest BCUT2D eigenvalue weighted by Gasteiger charge is 2.49. The SMILES string of the molecule is O=C1C(OCc2ccc([N+](=O)[O-])cc2)CCC12CCCC2. The van der Waals surface area contributed by atoms with Crippen molar-refractivity contribution in [2.24, 2.45) is 5.41 Å². The largest absolute Gasteiger partial charge is 0.366 e. The van der Waals surface area contributed by atoms with E-state index in [0.29, 0.717) is 6.61 Å². The highest BCUT2D eigenvalue weighted by molar-refractivity contribution is 5.91. The van der Waals surface area contributed by atoms with Crippen molar-refractivity contribution in [1.29, 1.82) is 0 Å². The Hall–Kier alpha value is -1.75. The summed E-state index contributed by atoms with van der Waals surface area (Å²) in [6.45, 7) is 0.338. The number of carbonyl (C=O) groups is 1. The van der Waals surface area contributed by atoms with Crippen molar-refractivity contribution in [1.82, 2.24) is 0 Å². The van der Waals surface area contributed by atoms with Gasteiger partial charge in [-0.05, 0) is 43.4 Å². The first kappa shape index (κ1) is 14.2. The Morgan fingerprint density at radius 1 is 1.19 bits per heavy atom. The van der Waals surface area contributed by atoms with E-state index in [1.165, 1.54) is 12.1 Å². The van der Waals surface area contributed by atoms with Crippen molar-refractivity contribution in [3.8, 4) is 0 Å². The number of benzene rings is 1. The van der Waals surface area contributed by atoms with Crippen molar-refractivity contribution in [3.63, 3.8) is 0 Å². The molecule has 2 aliphatic rings. The highest BCUT2D eigenvalue weighted by atomic mass is 16.6. The lowest BCUT2D eigenvalue weighted by Crippen LogP contribution is -2.29. The predicted molar refractivity (Wildman–Crippen MR) is 76.8 cm³/mol. The van der Waals surface area contributed by atoms with Gasteiger partial charge in [-0.15, -0.1) is 0 Å². The fourth-order valence-corrected chi connectivity index (χ4v) is 3.62. The van der Waals surface area contributed by atoms with Crippen LogP contribution in [0.2, 0.25) is 0 Å². The maximum atomic E-state index is 12.5.